The second-order valence-electron chi connectivity index (χ2n) is 3.79. The smallest absolute Gasteiger partial charge is 0.207 e. The molecule has 0 unspecified atom stereocenters. The van der Waals surface area contributed by atoms with E-state index < -0.39 is 15.5 Å². The molecule has 0 atom stereocenters. The van der Waals surface area contributed by atoms with Crippen molar-refractivity contribution in [2.24, 2.45) is 0 Å². The fraction of sp³-hybridized carbons (Fsp3) is 0.455. The average molecular weight is 281 g/mol. The number of unbranched alkanes of at least 4 members (excludes halogenated alkanes) is 1. The van der Waals surface area contributed by atoms with Crippen LogP contribution in [-0.2, 0) is 16.4 Å². The zero-order valence-electron chi connectivity index (χ0n) is 9.57. The molecule has 3 nitrogen and oxygen atoms in total. The molecule has 1 aromatic carbocycles. The highest BCUT2D eigenvalue weighted by Crippen LogP contribution is 2.21. The summed E-state index contributed by atoms with van der Waals surface area (Å²) in [4.78, 5) is 0. The maximum absolute atomic E-state index is 12.0. The highest BCUT2D eigenvalue weighted by atomic mass is 32.2. The van der Waals surface area contributed by atoms with E-state index in [9.17, 15) is 21.6 Å². The van der Waals surface area contributed by atoms with Gasteiger partial charge in [0, 0.05) is 6.54 Å². The molecule has 0 aromatic heterocycles. The van der Waals surface area contributed by atoms with E-state index in [2.05, 4.69) is 0 Å². The Morgan fingerprint density at radius 3 is 2.22 bits per heavy atom. The predicted molar refractivity (Wildman–Crippen MR) is 62.4 cm³/mol. The first-order chi connectivity index (χ1) is 8.33. The van der Waals surface area contributed by atoms with E-state index in [0.29, 0.717) is 19.3 Å². The maximum Gasteiger partial charge on any atom is 0.511 e. The first-order valence-corrected chi connectivity index (χ1v) is 6.91. The van der Waals surface area contributed by atoms with Crippen LogP contribution < -0.4 is 4.72 Å². The number of alkyl halides is 3. The van der Waals surface area contributed by atoms with Gasteiger partial charge in [0.15, 0.2) is 0 Å². The van der Waals surface area contributed by atoms with E-state index in [4.69, 9.17) is 0 Å². The van der Waals surface area contributed by atoms with Crippen molar-refractivity contribution in [2.45, 2.75) is 24.8 Å². The van der Waals surface area contributed by atoms with Crippen LogP contribution in [-0.4, -0.2) is 20.5 Å². The van der Waals surface area contributed by atoms with Crippen LogP contribution in [0.3, 0.4) is 0 Å². The van der Waals surface area contributed by atoms with Crippen molar-refractivity contribution in [3.05, 3.63) is 35.9 Å². The molecule has 1 rings (SSSR count). The standard InChI is InChI=1S/C11H14F3NO2S/c12-11(13,14)18(16,17)15-9-5-4-8-10-6-2-1-3-7-10/h1-3,6-7,15H,4-5,8-9H2. The van der Waals surface area contributed by atoms with E-state index in [1.165, 1.54) is 4.72 Å². The number of benzene rings is 1. The molecule has 1 aromatic rings. The molecule has 1 N–H and O–H groups in total. The molecular weight excluding hydrogens is 267 g/mol. The van der Waals surface area contributed by atoms with Gasteiger partial charge in [0.1, 0.15) is 0 Å². The highest BCUT2D eigenvalue weighted by Gasteiger charge is 2.45. The second-order valence-corrected chi connectivity index (χ2v) is 5.54. The van der Waals surface area contributed by atoms with E-state index in [-0.39, 0.29) is 6.54 Å². The molecular formula is C11H14F3NO2S. The lowest BCUT2D eigenvalue weighted by molar-refractivity contribution is -0.0447. The van der Waals surface area contributed by atoms with Gasteiger partial charge in [-0.15, -0.1) is 0 Å². The second kappa shape index (κ2) is 6.19. The van der Waals surface area contributed by atoms with Gasteiger partial charge in [-0.25, -0.2) is 13.1 Å². The average Bonchev–Trinajstić information content (AvgIpc) is 2.28. The van der Waals surface area contributed by atoms with E-state index in [0.717, 1.165) is 5.56 Å². The summed E-state index contributed by atoms with van der Waals surface area (Å²) >= 11 is 0. The Bertz CT molecular complexity index is 457. The van der Waals surface area contributed by atoms with Crippen molar-refractivity contribution in [1.29, 1.82) is 0 Å². The van der Waals surface area contributed by atoms with Gasteiger partial charge in [-0.1, -0.05) is 30.3 Å². The van der Waals surface area contributed by atoms with E-state index >= 15 is 0 Å². The van der Waals surface area contributed by atoms with Crippen molar-refractivity contribution in [3.8, 4) is 0 Å². The highest BCUT2D eigenvalue weighted by molar-refractivity contribution is 7.90. The van der Waals surface area contributed by atoms with Gasteiger partial charge in [0.2, 0.25) is 0 Å². The maximum atomic E-state index is 12.0. The number of hydrogen-bond donors (Lipinski definition) is 1. The van der Waals surface area contributed by atoms with Crippen LogP contribution in [0.15, 0.2) is 30.3 Å². The fourth-order valence-corrected chi connectivity index (χ4v) is 1.96. The van der Waals surface area contributed by atoms with Crippen molar-refractivity contribution < 1.29 is 21.6 Å². The lowest BCUT2D eigenvalue weighted by Crippen LogP contribution is -2.36. The first-order valence-electron chi connectivity index (χ1n) is 5.43. The van der Waals surface area contributed by atoms with Crippen LogP contribution in [0, 0.1) is 0 Å². The SMILES string of the molecule is O=S(=O)(NCCCCc1ccccc1)C(F)(F)F. The molecule has 0 spiro atoms. The molecule has 18 heavy (non-hydrogen) atoms. The molecule has 0 saturated carbocycles. The van der Waals surface area contributed by atoms with Gasteiger partial charge in [-0.2, -0.15) is 13.2 Å². The molecule has 0 radical (unpaired) electrons. The van der Waals surface area contributed by atoms with Crippen LogP contribution in [0.25, 0.3) is 0 Å². The molecule has 102 valence electrons. The summed E-state index contributed by atoms with van der Waals surface area (Å²) in [6.07, 6.45) is 1.71. The van der Waals surface area contributed by atoms with Gasteiger partial charge in [0.05, 0.1) is 0 Å². The largest absolute Gasteiger partial charge is 0.511 e. The third-order valence-corrected chi connectivity index (χ3v) is 3.53. The summed E-state index contributed by atoms with van der Waals surface area (Å²) in [6, 6.07) is 9.46. The molecule has 0 heterocycles. The summed E-state index contributed by atoms with van der Waals surface area (Å²) in [5, 5.41) is 0. The van der Waals surface area contributed by atoms with Crippen molar-refractivity contribution in [2.75, 3.05) is 6.54 Å². The normalized spacial score (nSPS) is 12.6. The number of hydrogen-bond acceptors (Lipinski definition) is 2. The summed E-state index contributed by atoms with van der Waals surface area (Å²) in [5.74, 6) is 0. The minimum atomic E-state index is -5.23. The molecule has 7 heteroatoms. The predicted octanol–water partition coefficient (Wildman–Crippen LogP) is 2.45. The minimum Gasteiger partial charge on any atom is -0.207 e. The molecule has 0 aliphatic heterocycles. The summed E-state index contributed by atoms with van der Waals surface area (Å²) in [5.41, 5.74) is -4.15. The summed E-state index contributed by atoms with van der Waals surface area (Å²) in [6.45, 7) is -0.200. The van der Waals surface area contributed by atoms with Crippen molar-refractivity contribution in [1.82, 2.24) is 4.72 Å². The molecule has 0 bridgehead atoms. The van der Waals surface area contributed by atoms with E-state index in [1.807, 2.05) is 30.3 Å². The zero-order chi connectivity index (χ0) is 13.6. The lowest BCUT2D eigenvalue weighted by Gasteiger charge is -2.09. The summed E-state index contributed by atoms with van der Waals surface area (Å²) in [7, 11) is -5.19. The topological polar surface area (TPSA) is 46.2 Å². The van der Waals surface area contributed by atoms with Gasteiger partial charge < -0.3 is 0 Å². The minimum absolute atomic E-state index is 0.200. The Morgan fingerprint density at radius 2 is 1.67 bits per heavy atom. The van der Waals surface area contributed by atoms with Crippen LogP contribution >= 0.6 is 0 Å². The Balaban J connectivity index is 2.24. The molecule has 0 saturated heterocycles. The number of sulfonamides is 1. The Hall–Kier alpha value is -1.08. The van der Waals surface area contributed by atoms with Crippen LogP contribution in [0.5, 0.6) is 0 Å². The molecule has 0 amide bonds. The van der Waals surface area contributed by atoms with Gasteiger partial charge >= 0.3 is 15.5 Å². The number of halogens is 3. The fourth-order valence-electron chi connectivity index (χ4n) is 1.39. The Labute approximate surface area is 104 Å². The van der Waals surface area contributed by atoms with Gasteiger partial charge in [0.25, 0.3) is 0 Å². The summed E-state index contributed by atoms with van der Waals surface area (Å²) < 4.78 is 58.7. The van der Waals surface area contributed by atoms with Crippen LogP contribution in [0.1, 0.15) is 18.4 Å². The Morgan fingerprint density at radius 1 is 1.06 bits per heavy atom. The number of aryl methyl sites for hydroxylation is 1. The van der Waals surface area contributed by atoms with Crippen LogP contribution in [0.2, 0.25) is 0 Å². The van der Waals surface area contributed by atoms with Gasteiger partial charge in [-0.3, -0.25) is 0 Å². The monoisotopic (exact) mass is 281 g/mol. The Kier molecular flexibility index (Phi) is 5.15. The quantitative estimate of drug-likeness (QED) is 0.814. The molecule has 0 aliphatic rings. The van der Waals surface area contributed by atoms with Crippen molar-refractivity contribution in [3.63, 3.8) is 0 Å². The van der Waals surface area contributed by atoms with E-state index in [1.54, 1.807) is 0 Å². The first kappa shape index (κ1) is 15.0. The van der Waals surface area contributed by atoms with Crippen LogP contribution in [0.4, 0.5) is 13.2 Å². The third-order valence-electron chi connectivity index (χ3n) is 2.33. The number of rotatable bonds is 6. The third kappa shape index (κ3) is 4.66. The zero-order valence-corrected chi connectivity index (χ0v) is 10.4. The lowest BCUT2D eigenvalue weighted by atomic mass is 10.1. The van der Waals surface area contributed by atoms with Crippen molar-refractivity contribution >= 4 is 10.0 Å². The molecule has 0 fully saturated rings. The molecule has 0 aliphatic carbocycles. The van der Waals surface area contributed by atoms with Gasteiger partial charge in [-0.05, 0) is 24.8 Å². The number of nitrogens with one attached hydrogen (secondary N) is 1.